The third-order valence-corrected chi connectivity index (χ3v) is 4.09. The van der Waals surface area contributed by atoms with Gasteiger partial charge in [0.1, 0.15) is 5.82 Å². The van der Waals surface area contributed by atoms with Crippen LogP contribution in [0.2, 0.25) is 0 Å². The van der Waals surface area contributed by atoms with Gasteiger partial charge in [-0.15, -0.1) is 0 Å². The predicted octanol–water partition coefficient (Wildman–Crippen LogP) is 2.50. The van der Waals surface area contributed by atoms with E-state index in [0.717, 1.165) is 12.1 Å². The first-order chi connectivity index (χ1) is 10.9. The molecule has 0 radical (unpaired) electrons. The topological polar surface area (TPSA) is 66.9 Å². The van der Waals surface area contributed by atoms with Crippen LogP contribution in [-0.2, 0) is 6.42 Å². The summed E-state index contributed by atoms with van der Waals surface area (Å²) in [6.07, 6.45) is 1.01. The van der Waals surface area contributed by atoms with Crippen molar-refractivity contribution in [1.82, 2.24) is 9.55 Å². The van der Waals surface area contributed by atoms with Gasteiger partial charge in [0.2, 0.25) is 0 Å². The number of aromatic amines is 1. The molecule has 2 heterocycles. The minimum Gasteiger partial charge on any atom is -0.364 e. The molecular formula is C16H17F2N3O2. The zero-order valence-electron chi connectivity index (χ0n) is 12.8. The summed E-state index contributed by atoms with van der Waals surface area (Å²) in [4.78, 5) is 27.1. The average molecular weight is 321 g/mol. The van der Waals surface area contributed by atoms with E-state index >= 15 is 0 Å². The van der Waals surface area contributed by atoms with Crippen molar-refractivity contribution in [2.45, 2.75) is 38.8 Å². The summed E-state index contributed by atoms with van der Waals surface area (Å²) in [6, 6.07) is 3.17. The maximum Gasteiger partial charge on any atom is 0.330 e. The Bertz CT molecular complexity index is 871. The third kappa shape index (κ3) is 2.67. The molecule has 1 atom stereocenters. The first-order valence-electron chi connectivity index (χ1n) is 7.47. The van der Waals surface area contributed by atoms with Crippen LogP contribution in [0.4, 0.5) is 14.6 Å². The second-order valence-electron chi connectivity index (χ2n) is 5.96. The van der Waals surface area contributed by atoms with Crippen LogP contribution in [0.15, 0.2) is 27.8 Å². The number of aromatic nitrogens is 2. The number of hydrogen-bond acceptors (Lipinski definition) is 3. The number of fused-ring (bicyclic) bond motifs is 1. The third-order valence-electron chi connectivity index (χ3n) is 4.09. The minimum absolute atomic E-state index is 0.236. The Hall–Kier alpha value is -2.44. The number of nitrogens with zero attached hydrogens (tertiary/aromatic N) is 1. The number of benzene rings is 1. The number of rotatable bonds is 2. The Morgan fingerprint density at radius 2 is 1.96 bits per heavy atom. The van der Waals surface area contributed by atoms with E-state index in [1.165, 1.54) is 10.6 Å². The van der Waals surface area contributed by atoms with Crippen LogP contribution in [0.1, 0.15) is 43.5 Å². The molecule has 0 saturated carbocycles. The quantitative estimate of drug-likeness (QED) is 0.893. The van der Waals surface area contributed by atoms with Gasteiger partial charge in [-0.3, -0.25) is 14.3 Å². The van der Waals surface area contributed by atoms with Gasteiger partial charge in [0.15, 0.2) is 11.6 Å². The summed E-state index contributed by atoms with van der Waals surface area (Å²) >= 11 is 0. The van der Waals surface area contributed by atoms with Crippen molar-refractivity contribution < 1.29 is 8.78 Å². The summed E-state index contributed by atoms with van der Waals surface area (Å²) in [5.74, 6) is -1.46. The molecule has 23 heavy (non-hydrogen) atoms. The van der Waals surface area contributed by atoms with Crippen molar-refractivity contribution in [2.24, 2.45) is 0 Å². The summed E-state index contributed by atoms with van der Waals surface area (Å²) in [5, 5.41) is 3.05. The SMILES string of the molecule is CC(C)n1c(=O)[nH]c2c(c1=O)CC[C@@H](c1ccc(F)c(F)c1)N2. The molecule has 1 aromatic carbocycles. The highest BCUT2D eigenvalue weighted by Gasteiger charge is 2.25. The maximum atomic E-state index is 13.4. The van der Waals surface area contributed by atoms with Crippen LogP contribution in [-0.4, -0.2) is 9.55 Å². The fourth-order valence-corrected chi connectivity index (χ4v) is 2.93. The molecule has 5 nitrogen and oxygen atoms in total. The summed E-state index contributed by atoms with van der Waals surface area (Å²) in [7, 11) is 0. The van der Waals surface area contributed by atoms with Crippen molar-refractivity contribution >= 4 is 5.82 Å². The van der Waals surface area contributed by atoms with Crippen LogP contribution >= 0.6 is 0 Å². The van der Waals surface area contributed by atoms with E-state index in [1.54, 1.807) is 13.8 Å². The van der Waals surface area contributed by atoms with Gasteiger partial charge < -0.3 is 5.32 Å². The molecule has 0 aliphatic carbocycles. The first kappa shape index (κ1) is 15.5. The fourth-order valence-electron chi connectivity index (χ4n) is 2.93. The second kappa shape index (κ2) is 5.64. The Kier molecular flexibility index (Phi) is 3.79. The van der Waals surface area contributed by atoms with Gasteiger partial charge >= 0.3 is 5.69 Å². The lowest BCUT2D eigenvalue weighted by atomic mass is 9.95. The fraction of sp³-hybridized carbons (Fsp3) is 0.375. The molecule has 0 amide bonds. The van der Waals surface area contributed by atoms with Crippen LogP contribution in [0.25, 0.3) is 0 Å². The molecule has 7 heteroatoms. The van der Waals surface area contributed by atoms with Crippen LogP contribution in [0.3, 0.4) is 0 Å². The lowest BCUT2D eigenvalue weighted by Gasteiger charge is -2.27. The largest absolute Gasteiger partial charge is 0.364 e. The van der Waals surface area contributed by atoms with Gasteiger partial charge in [-0.25, -0.2) is 13.6 Å². The van der Waals surface area contributed by atoms with E-state index in [1.807, 2.05) is 0 Å². The van der Waals surface area contributed by atoms with Crippen LogP contribution < -0.4 is 16.6 Å². The van der Waals surface area contributed by atoms with Crippen molar-refractivity contribution in [2.75, 3.05) is 5.32 Å². The predicted molar refractivity (Wildman–Crippen MR) is 82.8 cm³/mol. The molecule has 2 aromatic rings. The van der Waals surface area contributed by atoms with Gasteiger partial charge in [-0.2, -0.15) is 0 Å². The summed E-state index contributed by atoms with van der Waals surface area (Å²) < 4.78 is 27.6. The molecule has 0 spiro atoms. The summed E-state index contributed by atoms with van der Waals surface area (Å²) in [5.41, 5.74) is 0.290. The van der Waals surface area contributed by atoms with Crippen molar-refractivity contribution in [1.29, 1.82) is 0 Å². The molecule has 0 unspecified atom stereocenters. The maximum absolute atomic E-state index is 13.4. The molecule has 1 aromatic heterocycles. The lowest BCUT2D eigenvalue weighted by Crippen LogP contribution is -2.41. The second-order valence-corrected chi connectivity index (χ2v) is 5.96. The van der Waals surface area contributed by atoms with Gasteiger partial charge in [-0.05, 0) is 44.4 Å². The van der Waals surface area contributed by atoms with Gasteiger partial charge in [0, 0.05) is 6.04 Å². The van der Waals surface area contributed by atoms with E-state index in [4.69, 9.17) is 0 Å². The molecule has 2 N–H and O–H groups in total. The van der Waals surface area contributed by atoms with Gasteiger partial charge in [0.25, 0.3) is 5.56 Å². The molecule has 1 aliphatic rings. The molecule has 0 saturated heterocycles. The van der Waals surface area contributed by atoms with E-state index in [0.29, 0.717) is 29.8 Å². The Morgan fingerprint density at radius 3 is 2.61 bits per heavy atom. The zero-order valence-corrected chi connectivity index (χ0v) is 12.8. The van der Waals surface area contributed by atoms with Crippen molar-refractivity contribution in [3.05, 3.63) is 61.8 Å². The number of anilines is 1. The minimum atomic E-state index is -0.918. The monoisotopic (exact) mass is 321 g/mol. The highest BCUT2D eigenvalue weighted by Crippen LogP contribution is 2.29. The zero-order chi connectivity index (χ0) is 16.7. The van der Waals surface area contributed by atoms with Crippen LogP contribution in [0.5, 0.6) is 0 Å². The van der Waals surface area contributed by atoms with Gasteiger partial charge in [-0.1, -0.05) is 6.07 Å². The van der Waals surface area contributed by atoms with E-state index in [2.05, 4.69) is 10.3 Å². The average Bonchev–Trinajstić information content (AvgIpc) is 2.49. The molecule has 3 rings (SSSR count). The Labute approximate surface area is 131 Å². The smallest absolute Gasteiger partial charge is 0.330 e. The molecule has 0 fully saturated rings. The molecule has 0 bridgehead atoms. The lowest BCUT2D eigenvalue weighted by molar-refractivity contribution is 0.503. The molecule has 1 aliphatic heterocycles. The van der Waals surface area contributed by atoms with Crippen LogP contribution in [0, 0.1) is 11.6 Å². The highest BCUT2D eigenvalue weighted by molar-refractivity contribution is 5.48. The van der Waals surface area contributed by atoms with E-state index < -0.39 is 17.3 Å². The molecule has 122 valence electrons. The number of H-pyrrole nitrogens is 1. The van der Waals surface area contributed by atoms with E-state index in [9.17, 15) is 18.4 Å². The summed E-state index contributed by atoms with van der Waals surface area (Å²) in [6.45, 7) is 3.53. The number of halogens is 2. The Balaban J connectivity index is 2.00. The highest BCUT2D eigenvalue weighted by atomic mass is 19.2. The van der Waals surface area contributed by atoms with Crippen molar-refractivity contribution in [3.8, 4) is 0 Å². The normalized spacial score (nSPS) is 17.0. The standard InChI is InChI=1S/C16H17F2N3O2/c1-8(2)21-15(22)10-4-6-13(19-14(10)20-16(21)23)9-3-5-11(17)12(18)7-9/h3,5,7-8,13,19H,4,6H2,1-2H3,(H,20,23)/t13-/m0/s1. The number of nitrogens with one attached hydrogen (secondary N) is 2. The van der Waals surface area contributed by atoms with E-state index in [-0.39, 0.29) is 17.6 Å². The van der Waals surface area contributed by atoms with Gasteiger partial charge in [0.05, 0.1) is 11.6 Å². The first-order valence-corrected chi connectivity index (χ1v) is 7.47. The molecular weight excluding hydrogens is 304 g/mol. The Morgan fingerprint density at radius 1 is 1.22 bits per heavy atom. The van der Waals surface area contributed by atoms with Crippen molar-refractivity contribution in [3.63, 3.8) is 0 Å². The number of hydrogen-bond donors (Lipinski definition) is 2.